The first-order valence-corrected chi connectivity index (χ1v) is 8.00. The third-order valence-electron chi connectivity index (χ3n) is 3.47. The van der Waals surface area contributed by atoms with Crippen LogP contribution in [0.4, 0.5) is 4.79 Å². The lowest BCUT2D eigenvalue weighted by molar-refractivity contribution is -0.139. The first-order valence-electron chi connectivity index (χ1n) is 8.00. The van der Waals surface area contributed by atoms with Crippen LogP contribution in [0.1, 0.15) is 58.5 Å². The van der Waals surface area contributed by atoms with Gasteiger partial charge in [0.25, 0.3) is 0 Å². The Morgan fingerprint density at radius 3 is 2.12 bits per heavy atom. The number of aliphatic carboxylic acids is 1. The van der Waals surface area contributed by atoms with Crippen molar-refractivity contribution in [2.75, 3.05) is 0 Å². The molecule has 1 unspecified atom stereocenters. The van der Waals surface area contributed by atoms with E-state index in [4.69, 9.17) is 4.74 Å². The summed E-state index contributed by atoms with van der Waals surface area (Å²) in [4.78, 5) is 23.4. The Morgan fingerprint density at radius 1 is 1.21 bits per heavy atom. The molecule has 0 bridgehead atoms. The van der Waals surface area contributed by atoms with Crippen molar-refractivity contribution in [1.82, 2.24) is 15.1 Å². The van der Waals surface area contributed by atoms with E-state index in [9.17, 15) is 14.7 Å². The molecule has 1 amide bonds. The lowest BCUT2D eigenvalue weighted by atomic mass is 10.0. The molecule has 1 aromatic rings. The average molecular weight is 339 g/mol. The molecule has 7 nitrogen and oxygen atoms in total. The normalized spacial score (nSPS) is 13.5. The van der Waals surface area contributed by atoms with Crippen LogP contribution < -0.4 is 5.32 Å². The zero-order valence-electron chi connectivity index (χ0n) is 15.9. The second-order valence-electron chi connectivity index (χ2n) is 7.97. The summed E-state index contributed by atoms with van der Waals surface area (Å²) >= 11 is 0. The summed E-state index contributed by atoms with van der Waals surface area (Å²) in [6.07, 6.45) is -0.587. The fraction of sp³-hybridized carbons (Fsp3) is 0.706. The zero-order valence-corrected chi connectivity index (χ0v) is 15.9. The second-order valence-corrected chi connectivity index (χ2v) is 7.97. The molecule has 2 N–H and O–H groups in total. The summed E-state index contributed by atoms with van der Waals surface area (Å²) in [6.45, 7) is 15.0. The maximum atomic E-state index is 11.9. The van der Waals surface area contributed by atoms with Gasteiger partial charge in [-0.1, -0.05) is 0 Å². The first kappa shape index (κ1) is 20.0. The molecular weight excluding hydrogens is 310 g/mol. The molecule has 0 radical (unpaired) electrons. The zero-order chi connectivity index (χ0) is 18.9. The lowest BCUT2D eigenvalue weighted by Crippen LogP contribution is -2.44. The number of carboxylic acids is 1. The van der Waals surface area contributed by atoms with Gasteiger partial charge in [0.1, 0.15) is 11.6 Å². The van der Waals surface area contributed by atoms with Crippen molar-refractivity contribution >= 4 is 12.1 Å². The number of nitrogens with zero attached hydrogens (tertiary/aromatic N) is 2. The van der Waals surface area contributed by atoms with E-state index in [0.29, 0.717) is 0 Å². The Labute approximate surface area is 143 Å². The lowest BCUT2D eigenvalue weighted by Gasteiger charge is -2.23. The topological polar surface area (TPSA) is 93.5 Å². The maximum Gasteiger partial charge on any atom is 0.408 e. The molecule has 24 heavy (non-hydrogen) atoms. The molecule has 1 aromatic heterocycles. The highest BCUT2D eigenvalue weighted by molar-refractivity contribution is 5.80. The molecule has 0 saturated carbocycles. The SMILES string of the molecule is Cc1nn(C(C)(C)C)c(C)c1CC(NC(=O)OC(C)(C)C)C(=O)O. The predicted octanol–water partition coefficient (Wildman–Crippen LogP) is 2.78. The van der Waals surface area contributed by atoms with Crippen LogP contribution in [0.2, 0.25) is 0 Å². The fourth-order valence-electron chi connectivity index (χ4n) is 2.48. The van der Waals surface area contributed by atoms with Gasteiger partial charge in [0, 0.05) is 12.1 Å². The number of carboxylic acid groups (broad SMARTS) is 1. The molecule has 0 spiro atoms. The van der Waals surface area contributed by atoms with Crippen molar-refractivity contribution in [1.29, 1.82) is 0 Å². The number of nitrogens with one attached hydrogen (secondary N) is 1. The molecule has 136 valence electrons. The second kappa shape index (κ2) is 6.83. The van der Waals surface area contributed by atoms with Gasteiger partial charge < -0.3 is 15.2 Å². The minimum absolute atomic E-state index is 0.155. The Morgan fingerprint density at radius 2 is 1.75 bits per heavy atom. The van der Waals surface area contributed by atoms with Crippen molar-refractivity contribution in [2.45, 2.75) is 79.0 Å². The molecule has 0 aromatic carbocycles. The first-order chi connectivity index (χ1) is 10.7. The number of carbonyl (C=O) groups excluding carboxylic acids is 1. The van der Waals surface area contributed by atoms with Crippen LogP contribution in [0.15, 0.2) is 0 Å². The molecule has 0 aliphatic heterocycles. The van der Waals surface area contributed by atoms with Crippen LogP contribution in [0, 0.1) is 13.8 Å². The summed E-state index contributed by atoms with van der Waals surface area (Å²) < 4.78 is 7.02. The minimum atomic E-state index is -1.11. The largest absolute Gasteiger partial charge is 0.480 e. The Hall–Kier alpha value is -2.05. The average Bonchev–Trinajstić information content (AvgIpc) is 2.62. The van der Waals surface area contributed by atoms with Crippen molar-refractivity contribution in [3.8, 4) is 0 Å². The Bertz CT molecular complexity index is 621. The number of hydrogen-bond acceptors (Lipinski definition) is 4. The van der Waals surface area contributed by atoms with Gasteiger partial charge in [-0.2, -0.15) is 5.10 Å². The van der Waals surface area contributed by atoms with Gasteiger partial charge in [0.05, 0.1) is 11.2 Å². The van der Waals surface area contributed by atoms with Crippen LogP contribution in [0.25, 0.3) is 0 Å². The Kier molecular flexibility index (Phi) is 5.69. The molecule has 1 heterocycles. The van der Waals surface area contributed by atoms with Crippen LogP contribution in [0.3, 0.4) is 0 Å². The molecule has 1 atom stereocenters. The number of aromatic nitrogens is 2. The van der Waals surface area contributed by atoms with Gasteiger partial charge >= 0.3 is 12.1 Å². The Balaban J connectivity index is 3.01. The van der Waals surface area contributed by atoms with E-state index in [-0.39, 0.29) is 12.0 Å². The van der Waals surface area contributed by atoms with Crippen LogP contribution in [-0.2, 0) is 21.5 Å². The molecule has 0 saturated heterocycles. The molecule has 1 rings (SSSR count). The van der Waals surface area contributed by atoms with Gasteiger partial charge in [0.2, 0.25) is 0 Å². The quantitative estimate of drug-likeness (QED) is 0.880. The highest BCUT2D eigenvalue weighted by Gasteiger charge is 2.28. The van der Waals surface area contributed by atoms with Crippen molar-refractivity contribution in [3.05, 3.63) is 17.0 Å². The molecule has 7 heteroatoms. The number of aryl methyl sites for hydroxylation is 1. The van der Waals surface area contributed by atoms with Crippen LogP contribution in [0.5, 0.6) is 0 Å². The standard InChI is InChI=1S/C17H29N3O4/c1-10-12(11(2)20(19-10)16(3,4)5)9-13(14(21)22)18-15(23)24-17(6,7)8/h13H,9H2,1-8H3,(H,18,23)(H,21,22). The van der Waals surface area contributed by atoms with Crippen LogP contribution >= 0.6 is 0 Å². The number of alkyl carbamates (subject to hydrolysis) is 1. The predicted molar refractivity (Wildman–Crippen MR) is 91.2 cm³/mol. The van der Waals surface area contributed by atoms with E-state index in [2.05, 4.69) is 10.4 Å². The number of ether oxygens (including phenoxy) is 1. The summed E-state index contributed by atoms with van der Waals surface area (Å²) in [5.74, 6) is -1.11. The molecule has 0 aliphatic carbocycles. The van der Waals surface area contributed by atoms with Crippen molar-refractivity contribution in [2.24, 2.45) is 0 Å². The monoisotopic (exact) mass is 339 g/mol. The molecule has 0 aliphatic rings. The minimum Gasteiger partial charge on any atom is -0.480 e. The van der Waals surface area contributed by atoms with E-state index >= 15 is 0 Å². The van der Waals surface area contributed by atoms with E-state index in [1.165, 1.54) is 0 Å². The van der Waals surface area contributed by atoms with Gasteiger partial charge in [-0.05, 0) is 61.0 Å². The van der Waals surface area contributed by atoms with Gasteiger partial charge in [-0.15, -0.1) is 0 Å². The van der Waals surface area contributed by atoms with Crippen LogP contribution in [-0.4, -0.2) is 38.6 Å². The highest BCUT2D eigenvalue weighted by atomic mass is 16.6. The van der Waals surface area contributed by atoms with Crippen molar-refractivity contribution in [3.63, 3.8) is 0 Å². The number of carbonyl (C=O) groups is 2. The number of rotatable bonds is 4. The number of amides is 1. The molecular formula is C17H29N3O4. The summed E-state index contributed by atoms with van der Waals surface area (Å²) in [5, 5.41) is 16.4. The van der Waals surface area contributed by atoms with E-state index in [1.807, 2.05) is 39.3 Å². The smallest absolute Gasteiger partial charge is 0.408 e. The highest BCUT2D eigenvalue weighted by Crippen LogP contribution is 2.22. The molecule has 0 fully saturated rings. The van der Waals surface area contributed by atoms with E-state index < -0.39 is 23.7 Å². The third kappa shape index (κ3) is 5.25. The summed E-state index contributed by atoms with van der Waals surface area (Å²) in [6, 6.07) is -1.07. The van der Waals surface area contributed by atoms with Crippen molar-refractivity contribution < 1.29 is 19.4 Å². The van der Waals surface area contributed by atoms with Gasteiger partial charge in [-0.25, -0.2) is 9.59 Å². The third-order valence-corrected chi connectivity index (χ3v) is 3.47. The number of hydrogen-bond donors (Lipinski definition) is 2. The summed E-state index contributed by atoms with van der Waals surface area (Å²) in [5.41, 5.74) is 1.60. The van der Waals surface area contributed by atoms with Gasteiger partial charge in [-0.3, -0.25) is 4.68 Å². The van der Waals surface area contributed by atoms with E-state index in [1.54, 1.807) is 20.8 Å². The van der Waals surface area contributed by atoms with Gasteiger partial charge in [0.15, 0.2) is 0 Å². The fourth-order valence-corrected chi connectivity index (χ4v) is 2.48. The summed E-state index contributed by atoms with van der Waals surface area (Å²) in [7, 11) is 0. The van der Waals surface area contributed by atoms with E-state index in [0.717, 1.165) is 17.0 Å². The maximum absolute atomic E-state index is 11.9.